The molecular weight excluding hydrogens is 250 g/mol. The minimum Gasteiger partial charge on any atom is -0.398 e. The summed E-state index contributed by atoms with van der Waals surface area (Å²) >= 11 is 0. The van der Waals surface area contributed by atoms with Crippen molar-refractivity contribution in [2.24, 2.45) is 5.92 Å². The van der Waals surface area contributed by atoms with Crippen molar-refractivity contribution in [2.75, 3.05) is 39.5 Å². The molecule has 20 heavy (non-hydrogen) atoms. The van der Waals surface area contributed by atoms with E-state index in [9.17, 15) is 4.79 Å². The molecule has 0 spiro atoms. The number of para-hydroxylation sites is 1. The van der Waals surface area contributed by atoms with Gasteiger partial charge in [-0.15, -0.1) is 0 Å². The maximum Gasteiger partial charge on any atom is 0.255 e. The summed E-state index contributed by atoms with van der Waals surface area (Å²) in [5, 5.41) is 0. The van der Waals surface area contributed by atoms with Gasteiger partial charge in [-0.3, -0.25) is 4.79 Å². The molecule has 0 unspecified atom stereocenters. The normalized spacial score (nSPS) is 17.1. The molecule has 0 aromatic heterocycles. The summed E-state index contributed by atoms with van der Waals surface area (Å²) in [7, 11) is 4.03. The number of hydrogen-bond donors (Lipinski definition) is 1. The van der Waals surface area contributed by atoms with E-state index in [2.05, 4.69) is 11.9 Å². The fourth-order valence-electron chi connectivity index (χ4n) is 2.79. The van der Waals surface area contributed by atoms with Crippen LogP contribution in [0.5, 0.6) is 0 Å². The molecule has 1 aliphatic heterocycles. The lowest BCUT2D eigenvalue weighted by Crippen LogP contribution is -2.38. The monoisotopic (exact) mass is 275 g/mol. The highest BCUT2D eigenvalue weighted by Gasteiger charge is 2.22. The third kappa shape index (κ3) is 3.31. The highest BCUT2D eigenvalue weighted by molar-refractivity contribution is 5.99. The number of rotatable bonds is 3. The Hall–Kier alpha value is -1.55. The minimum atomic E-state index is 0.0325. The number of anilines is 1. The second kappa shape index (κ2) is 6.27. The first-order valence-electron chi connectivity index (χ1n) is 7.28. The van der Waals surface area contributed by atoms with Gasteiger partial charge in [0.05, 0.1) is 5.56 Å². The van der Waals surface area contributed by atoms with Crippen LogP contribution >= 0.6 is 0 Å². The van der Waals surface area contributed by atoms with Crippen LogP contribution in [0.2, 0.25) is 0 Å². The van der Waals surface area contributed by atoms with Crippen molar-refractivity contribution in [3.8, 4) is 0 Å². The highest BCUT2D eigenvalue weighted by Crippen LogP contribution is 2.21. The number of amides is 1. The zero-order valence-corrected chi connectivity index (χ0v) is 12.7. The van der Waals surface area contributed by atoms with Crippen LogP contribution in [0, 0.1) is 12.8 Å². The molecule has 1 aromatic rings. The molecule has 4 heteroatoms. The molecule has 1 fully saturated rings. The maximum atomic E-state index is 12.5. The number of benzene rings is 1. The molecule has 0 atom stereocenters. The van der Waals surface area contributed by atoms with Gasteiger partial charge < -0.3 is 15.5 Å². The van der Waals surface area contributed by atoms with Crippen molar-refractivity contribution in [3.63, 3.8) is 0 Å². The Kier molecular flexibility index (Phi) is 4.65. The average molecular weight is 275 g/mol. The van der Waals surface area contributed by atoms with Crippen molar-refractivity contribution >= 4 is 11.6 Å². The largest absolute Gasteiger partial charge is 0.398 e. The van der Waals surface area contributed by atoms with E-state index >= 15 is 0 Å². The van der Waals surface area contributed by atoms with Gasteiger partial charge in [0.1, 0.15) is 0 Å². The summed E-state index contributed by atoms with van der Waals surface area (Å²) in [5.74, 6) is 0.635. The lowest BCUT2D eigenvalue weighted by molar-refractivity contribution is 0.0748. The smallest absolute Gasteiger partial charge is 0.255 e. The molecule has 2 rings (SSSR count). The van der Waals surface area contributed by atoms with E-state index in [-0.39, 0.29) is 5.91 Å². The second-order valence-electron chi connectivity index (χ2n) is 5.97. The van der Waals surface area contributed by atoms with Crippen LogP contribution in [-0.4, -0.2) is 49.4 Å². The van der Waals surface area contributed by atoms with Gasteiger partial charge in [0.25, 0.3) is 5.91 Å². The summed E-state index contributed by atoms with van der Waals surface area (Å²) in [6.45, 7) is 5.00. The Morgan fingerprint density at radius 1 is 1.40 bits per heavy atom. The number of carbonyl (C=O) groups is 1. The van der Waals surface area contributed by atoms with Gasteiger partial charge >= 0.3 is 0 Å². The lowest BCUT2D eigenvalue weighted by Gasteiger charge is -2.31. The molecule has 0 radical (unpaired) electrons. The maximum absolute atomic E-state index is 12.5. The fourth-order valence-corrected chi connectivity index (χ4v) is 2.79. The first-order valence-corrected chi connectivity index (χ1v) is 7.28. The predicted octanol–water partition coefficient (Wildman–Crippen LogP) is 1.99. The highest BCUT2D eigenvalue weighted by atomic mass is 16.2. The van der Waals surface area contributed by atoms with Crippen molar-refractivity contribution in [1.29, 1.82) is 0 Å². The van der Waals surface area contributed by atoms with Crippen LogP contribution in [-0.2, 0) is 0 Å². The van der Waals surface area contributed by atoms with E-state index in [1.165, 1.54) is 0 Å². The van der Waals surface area contributed by atoms with Crippen LogP contribution in [0.15, 0.2) is 18.2 Å². The first-order chi connectivity index (χ1) is 9.49. The quantitative estimate of drug-likeness (QED) is 0.858. The molecule has 4 nitrogen and oxygen atoms in total. The number of nitrogens with two attached hydrogens (primary N) is 1. The topological polar surface area (TPSA) is 49.6 Å². The first kappa shape index (κ1) is 14.9. The number of nitrogen functional groups attached to an aromatic ring is 1. The van der Waals surface area contributed by atoms with Crippen molar-refractivity contribution in [3.05, 3.63) is 29.3 Å². The standard InChI is InChI=1S/C16H25N3O/c1-12-5-4-6-14(15(12)17)16(20)19(3)11-13-7-9-18(2)10-8-13/h4-6,13H,7-11,17H2,1-3H3. The van der Waals surface area contributed by atoms with E-state index in [0.717, 1.165) is 38.0 Å². The molecule has 0 bridgehead atoms. The van der Waals surface area contributed by atoms with Crippen molar-refractivity contribution in [1.82, 2.24) is 9.80 Å². The molecule has 1 amide bonds. The zero-order valence-electron chi connectivity index (χ0n) is 12.7. The third-order valence-corrected chi connectivity index (χ3v) is 4.27. The van der Waals surface area contributed by atoms with Gasteiger partial charge in [0.15, 0.2) is 0 Å². The Balaban J connectivity index is 2.00. The molecule has 0 saturated carbocycles. The van der Waals surface area contributed by atoms with Gasteiger partial charge in [-0.1, -0.05) is 12.1 Å². The summed E-state index contributed by atoms with van der Waals surface area (Å²) < 4.78 is 0. The van der Waals surface area contributed by atoms with Crippen molar-refractivity contribution in [2.45, 2.75) is 19.8 Å². The fraction of sp³-hybridized carbons (Fsp3) is 0.562. The van der Waals surface area contributed by atoms with Gasteiger partial charge in [-0.2, -0.15) is 0 Å². The number of aryl methyl sites for hydroxylation is 1. The summed E-state index contributed by atoms with van der Waals surface area (Å²) in [6, 6.07) is 5.64. The molecule has 2 N–H and O–H groups in total. The van der Waals surface area contributed by atoms with E-state index in [1.807, 2.05) is 37.1 Å². The summed E-state index contributed by atoms with van der Waals surface area (Å²) in [5.41, 5.74) is 8.21. The molecular formula is C16H25N3O. The Morgan fingerprint density at radius 3 is 2.70 bits per heavy atom. The van der Waals surface area contributed by atoms with Gasteiger partial charge in [-0.25, -0.2) is 0 Å². The third-order valence-electron chi connectivity index (χ3n) is 4.27. The van der Waals surface area contributed by atoms with E-state index < -0.39 is 0 Å². The van der Waals surface area contributed by atoms with Crippen LogP contribution in [0.4, 0.5) is 5.69 Å². The summed E-state index contributed by atoms with van der Waals surface area (Å²) in [6.07, 6.45) is 2.33. The summed E-state index contributed by atoms with van der Waals surface area (Å²) in [4.78, 5) is 16.7. The van der Waals surface area contributed by atoms with Crippen LogP contribution in [0.25, 0.3) is 0 Å². The van der Waals surface area contributed by atoms with Gasteiger partial charge in [0.2, 0.25) is 0 Å². The Labute approximate surface area is 121 Å². The Morgan fingerprint density at radius 2 is 2.05 bits per heavy atom. The molecule has 0 aliphatic carbocycles. The number of hydrogen-bond acceptors (Lipinski definition) is 3. The minimum absolute atomic E-state index is 0.0325. The van der Waals surface area contributed by atoms with E-state index in [0.29, 0.717) is 17.2 Å². The molecule has 1 saturated heterocycles. The molecule has 110 valence electrons. The number of carbonyl (C=O) groups excluding carboxylic acids is 1. The van der Waals surface area contributed by atoms with Crippen LogP contribution in [0.3, 0.4) is 0 Å². The van der Waals surface area contributed by atoms with Crippen LogP contribution < -0.4 is 5.73 Å². The van der Waals surface area contributed by atoms with Crippen molar-refractivity contribution < 1.29 is 4.79 Å². The number of piperidine rings is 1. The average Bonchev–Trinajstić information content (AvgIpc) is 2.43. The van der Waals surface area contributed by atoms with E-state index in [1.54, 1.807) is 0 Å². The number of nitrogens with zero attached hydrogens (tertiary/aromatic N) is 2. The van der Waals surface area contributed by atoms with Crippen LogP contribution in [0.1, 0.15) is 28.8 Å². The Bertz CT molecular complexity index is 479. The SMILES string of the molecule is Cc1cccc(C(=O)N(C)CC2CCN(C)CC2)c1N. The molecule has 1 aromatic carbocycles. The molecule has 1 heterocycles. The number of likely N-dealkylation sites (tertiary alicyclic amines) is 1. The zero-order chi connectivity index (χ0) is 14.7. The second-order valence-corrected chi connectivity index (χ2v) is 5.97. The van der Waals surface area contributed by atoms with Gasteiger partial charge in [0, 0.05) is 19.3 Å². The molecule has 1 aliphatic rings. The van der Waals surface area contributed by atoms with Gasteiger partial charge in [-0.05, 0) is 57.5 Å². The lowest BCUT2D eigenvalue weighted by atomic mass is 9.96. The predicted molar refractivity (Wildman–Crippen MR) is 82.8 cm³/mol. The van der Waals surface area contributed by atoms with E-state index in [4.69, 9.17) is 5.73 Å².